The van der Waals surface area contributed by atoms with Gasteiger partial charge in [-0.3, -0.25) is 32.7 Å². The maximum absolute atomic E-state index is 13.0. The number of rotatable bonds is 9. The minimum absolute atomic E-state index is 0.0906. The zero-order chi connectivity index (χ0) is 47.3. The Morgan fingerprint density at radius 3 is 2.23 bits per heavy atom. The third-order valence-corrected chi connectivity index (χ3v) is 14.1. The van der Waals surface area contributed by atoms with E-state index in [0.717, 1.165) is 61.8 Å². The Labute approximate surface area is 388 Å². The highest BCUT2D eigenvalue weighted by molar-refractivity contribution is 9.10. The van der Waals surface area contributed by atoms with E-state index >= 15 is 0 Å². The van der Waals surface area contributed by atoms with E-state index in [9.17, 15) is 18.0 Å². The van der Waals surface area contributed by atoms with Crippen LogP contribution in [0, 0.1) is 20.8 Å². The lowest BCUT2D eigenvalue weighted by Gasteiger charge is -2.32. The van der Waals surface area contributed by atoms with Crippen molar-refractivity contribution in [2.24, 2.45) is 0 Å². The molecule has 0 spiro atoms. The Bertz CT molecular complexity index is 3260. The fraction of sp³-hybridized carbons (Fsp3) is 0.318. The molecular weight excluding hydrogens is 933 g/mol. The summed E-state index contributed by atoms with van der Waals surface area (Å²) in [6.07, 6.45) is 15.5. The lowest BCUT2D eigenvalue weighted by molar-refractivity contribution is -0.144. The Hall–Kier alpha value is -6.49. The molecule has 66 heavy (non-hydrogen) atoms. The predicted octanol–water partition coefficient (Wildman–Crippen LogP) is 5.86. The molecule has 7 aromatic heterocycles. The molecular formula is C44H47BBrN11O8S. The SMILES string of the molecule is CCOC(=O)Cn1cc(B2OC(C)(C)C(C)(C)O2)cn1.Cc1ccc(S(=O)(=O)C2C=Cc3c2ncc2c(Br)nc(C)n32)cc1.Cc1nc(-c2cnn(CC(=O)O)c2)c2cnc3[nH]ccc3n12. The van der Waals surface area contributed by atoms with Gasteiger partial charge in [0, 0.05) is 35.8 Å². The average molecular weight is 981 g/mol. The molecule has 1 saturated heterocycles. The number of imidazole rings is 2. The molecule has 8 aromatic rings. The van der Waals surface area contributed by atoms with Crippen LogP contribution < -0.4 is 5.46 Å². The van der Waals surface area contributed by atoms with Crippen molar-refractivity contribution < 1.29 is 37.2 Å². The third kappa shape index (κ3) is 8.80. The van der Waals surface area contributed by atoms with Crippen LogP contribution in [0.3, 0.4) is 0 Å². The molecule has 8 heterocycles. The first kappa shape index (κ1) is 46.1. The van der Waals surface area contributed by atoms with Crippen LogP contribution in [-0.4, -0.2) is 104 Å². The topological polar surface area (TPSA) is 228 Å². The third-order valence-electron chi connectivity index (χ3n) is 11.6. The van der Waals surface area contributed by atoms with Crippen LogP contribution in [-0.2, 0) is 46.6 Å². The maximum Gasteiger partial charge on any atom is 0.498 e. The van der Waals surface area contributed by atoms with Crippen LogP contribution in [0.2, 0.25) is 0 Å². The van der Waals surface area contributed by atoms with Gasteiger partial charge in [-0.05, 0) is 95.6 Å². The molecule has 1 aliphatic heterocycles. The van der Waals surface area contributed by atoms with Gasteiger partial charge in [0.2, 0.25) is 0 Å². The van der Waals surface area contributed by atoms with E-state index in [1.54, 1.807) is 74.4 Å². The summed E-state index contributed by atoms with van der Waals surface area (Å²) in [5, 5.41) is 16.2. The average Bonchev–Trinajstić information content (AvgIpc) is 4.12. The van der Waals surface area contributed by atoms with Crippen molar-refractivity contribution in [3.63, 3.8) is 0 Å². The van der Waals surface area contributed by atoms with Crippen molar-refractivity contribution in [2.45, 2.75) is 89.8 Å². The quantitative estimate of drug-likeness (QED) is 0.128. The van der Waals surface area contributed by atoms with E-state index in [1.165, 1.54) is 9.36 Å². The van der Waals surface area contributed by atoms with Gasteiger partial charge in [-0.15, -0.1) is 0 Å². The number of benzene rings is 1. The van der Waals surface area contributed by atoms with E-state index in [1.807, 2.05) is 75.6 Å². The summed E-state index contributed by atoms with van der Waals surface area (Å²) in [4.78, 5) is 43.3. The standard InChI is InChI=1S/C17H14BrN3O2S.C14H12N6O2.C13H21BN2O4/c1-10-3-5-12(6-4-10)24(22,23)15-8-7-13-16(15)19-9-14-17(18)20-11(2)21(13)14;1-8-18-13(9-4-17-19(6-9)7-12(21)22)11-5-16-14-10(20(8)11)2-3-15-14;1-6-18-11(17)9-16-8-10(7-15-16)14-19-12(2,3)13(4,5)20-14/h3-9,15H,1-2H3;2-6,15H,7H2,1H3,(H,21,22);7-8H,6,9H2,1-5H3. The fourth-order valence-electron chi connectivity index (χ4n) is 7.58. The number of hydrogen-bond donors (Lipinski definition) is 2. The molecule has 0 saturated carbocycles. The number of carbonyl (C=O) groups excluding carboxylic acids is 1. The molecule has 22 heteroatoms. The summed E-state index contributed by atoms with van der Waals surface area (Å²) in [6, 6.07) is 8.85. The van der Waals surface area contributed by atoms with Crippen molar-refractivity contribution in [1.29, 1.82) is 0 Å². The molecule has 0 amide bonds. The van der Waals surface area contributed by atoms with Gasteiger partial charge in [-0.2, -0.15) is 10.2 Å². The van der Waals surface area contributed by atoms with E-state index in [0.29, 0.717) is 21.8 Å². The van der Waals surface area contributed by atoms with Gasteiger partial charge in [-0.1, -0.05) is 23.8 Å². The number of halogens is 1. The van der Waals surface area contributed by atoms with Crippen LogP contribution in [0.1, 0.15) is 68.5 Å². The number of carbonyl (C=O) groups is 2. The van der Waals surface area contributed by atoms with Crippen molar-refractivity contribution in [3.8, 4) is 11.3 Å². The number of aryl methyl sites for hydroxylation is 3. The summed E-state index contributed by atoms with van der Waals surface area (Å²) in [5.41, 5.74) is 7.29. The van der Waals surface area contributed by atoms with Gasteiger partial charge in [0.1, 0.15) is 40.3 Å². The first-order chi connectivity index (χ1) is 31.3. The Morgan fingerprint density at radius 1 is 0.864 bits per heavy atom. The maximum atomic E-state index is 13.0. The number of esters is 1. The van der Waals surface area contributed by atoms with Crippen LogP contribution in [0.15, 0.2) is 89.3 Å². The molecule has 1 fully saturated rings. The molecule has 1 unspecified atom stereocenters. The van der Waals surface area contributed by atoms with E-state index in [-0.39, 0.29) is 30.3 Å². The Morgan fingerprint density at radius 2 is 1.53 bits per heavy atom. The van der Waals surface area contributed by atoms with Gasteiger partial charge in [0.25, 0.3) is 0 Å². The van der Waals surface area contributed by atoms with Crippen LogP contribution in [0.5, 0.6) is 0 Å². The van der Waals surface area contributed by atoms with Crippen LogP contribution >= 0.6 is 15.9 Å². The molecule has 2 N–H and O–H groups in total. The molecule has 1 atom stereocenters. The predicted molar refractivity (Wildman–Crippen MR) is 249 cm³/mol. The molecule has 2 aliphatic rings. The number of nitrogens with one attached hydrogen (secondary N) is 1. The number of ether oxygens (including phenoxy) is 1. The van der Waals surface area contributed by atoms with E-state index < -0.39 is 28.2 Å². The first-order valence-corrected chi connectivity index (χ1v) is 23.2. The first-order valence-electron chi connectivity index (χ1n) is 20.9. The number of aliphatic carboxylic acids is 1. The molecule has 19 nitrogen and oxygen atoms in total. The van der Waals surface area contributed by atoms with Crippen molar-refractivity contribution in [2.75, 3.05) is 6.61 Å². The van der Waals surface area contributed by atoms with Crippen molar-refractivity contribution in [3.05, 3.63) is 113 Å². The van der Waals surface area contributed by atoms with Gasteiger partial charge in [0.05, 0.1) is 69.2 Å². The molecule has 0 radical (unpaired) electrons. The largest absolute Gasteiger partial charge is 0.498 e. The second-order valence-corrected chi connectivity index (χ2v) is 19.5. The van der Waals surface area contributed by atoms with Crippen molar-refractivity contribution >= 4 is 78.6 Å². The smallest absolute Gasteiger partial charge is 0.480 e. The highest BCUT2D eigenvalue weighted by atomic mass is 79.9. The van der Waals surface area contributed by atoms with Gasteiger partial charge >= 0.3 is 19.1 Å². The van der Waals surface area contributed by atoms with Crippen LogP contribution in [0.4, 0.5) is 0 Å². The zero-order valence-electron chi connectivity index (χ0n) is 37.4. The number of carboxylic acids is 1. The van der Waals surface area contributed by atoms with Gasteiger partial charge in [0.15, 0.2) is 15.5 Å². The molecule has 0 bridgehead atoms. The zero-order valence-corrected chi connectivity index (χ0v) is 39.8. The number of H-pyrrole nitrogens is 1. The minimum Gasteiger partial charge on any atom is -0.480 e. The number of carboxylic acid groups (broad SMARTS) is 1. The second kappa shape index (κ2) is 17.7. The number of nitrogens with zero attached hydrogens (tertiary/aromatic N) is 10. The Kier molecular flexibility index (Phi) is 12.4. The summed E-state index contributed by atoms with van der Waals surface area (Å²) in [5.74, 6) is 0.379. The van der Waals surface area contributed by atoms with Crippen molar-refractivity contribution in [1.82, 2.24) is 53.3 Å². The minimum atomic E-state index is -3.54. The lowest BCUT2D eigenvalue weighted by Crippen LogP contribution is -2.41. The van der Waals surface area contributed by atoms with Gasteiger partial charge in [-0.25, -0.2) is 23.4 Å². The van der Waals surface area contributed by atoms with E-state index in [2.05, 4.69) is 51.0 Å². The molecule has 1 aromatic carbocycles. The molecule has 10 rings (SSSR count). The fourth-order valence-corrected chi connectivity index (χ4v) is 9.69. The summed E-state index contributed by atoms with van der Waals surface area (Å²) in [6.45, 7) is 15.8. The number of sulfone groups is 1. The number of aromatic amines is 1. The number of aromatic nitrogens is 11. The Balaban J connectivity index is 0.000000135. The molecule has 1 aliphatic carbocycles. The molecule has 342 valence electrons. The highest BCUT2D eigenvalue weighted by Crippen LogP contribution is 2.39. The highest BCUT2D eigenvalue weighted by Gasteiger charge is 2.52. The normalized spacial score (nSPS) is 16.0. The summed E-state index contributed by atoms with van der Waals surface area (Å²) >= 11 is 3.41. The summed E-state index contributed by atoms with van der Waals surface area (Å²) < 4.78 is 50.3. The van der Waals surface area contributed by atoms with Crippen LogP contribution in [0.25, 0.3) is 39.5 Å². The summed E-state index contributed by atoms with van der Waals surface area (Å²) in [7, 11) is -4.00. The number of hydrogen-bond acceptors (Lipinski definition) is 13. The van der Waals surface area contributed by atoms with Gasteiger partial charge < -0.3 is 24.1 Å². The van der Waals surface area contributed by atoms with E-state index in [4.69, 9.17) is 19.2 Å². The monoisotopic (exact) mass is 979 g/mol. The number of fused-ring (bicyclic) bond motifs is 6. The lowest BCUT2D eigenvalue weighted by atomic mass is 9.82. The second-order valence-electron chi connectivity index (χ2n) is 16.7.